The SMILES string of the molecule is CN1N=C(CNC(=O)c2cc(C(=O)c3c(F)cc(F)cc3F)c[nH]2)SC1c1cccc(F)c1. The summed E-state index contributed by atoms with van der Waals surface area (Å²) in [6.07, 6.45) is 1.13. The van der Waals surface area contributed by atoms with E-state index >= 15 is 0 Å². The lowest BCUT2D eigenvalue weighted by Crippen LogP contribution is -2.28. The number of nitrogens with one attached hydrogen (secondary N) is 2. The molecule has 0 fully saturated rings. The third kappa shape index (κ3) is 4.77. The lowest BCUT2D eigenvalue weighted by molar-refractivity contribution is 0.0955. The van der Waals surface area contributed by atoms with Crippen molar-refractivity contribution in [3.8, 4) is 0 Å². The number of carbonyl (C=O) groups is 2. The molecule has 1 aliphatic heterocycles. The van der Waals surface area contributed by atoms with Crippen LogP contribution in [0.2, 0.25) is 0 Å². The van der Waals surface area contributed by atoms with Crippen molar-refractivity contribution in [2.75, 3.05) is 13.6 Å². The first-order valence-corrected chi connectivity index (χ1v) is 10.5. The Kier molecular flexibility index (Phi) is 6.23. The summed E-state index contributed by atoms with van der Waals surface area (Å²) in [5.74, 6) is -5.78. The second-order valence-corrected chi connectivity index (χ2v) is 8.30. The van der Waals surface area contributed by atoms with Gasteiger partial charge in [0, 0.05) is 30.9 Å². The van der Waals surface area contributed by atoms with Crippen molar-refractivity contribution in [3.63, 3.8) is 0 Å². The monoisotopic (exact) mass is 476 g/mol. The van der Waals surface area contributed by atoms with Gasteiger partial charge in [-0.2, -0.15) is 5.10 Å². The topological polar surface area (TPSA) is 77.6 Å². The van der Waals surface area contributed by atoms with E-state index in [-0.39, 0.29) is 29.0 Å². The molecule has 0 spiro atoms. The first kappa shape index (κ1) is 22.6. The van der Waals surface area contributed by atoms with E-state index in [1.54, 1.807) is 24.2 Å². The highest BCUT2D eigenvalue weighted by Crippen LogP contribution is 2.38. The highest BCUT2D eigenvalue weighted by atomic mass is 32.2. The number of hydrogen-bond acceptors (Lipinski definition) is 5. The van der Waals surface area contributed by atoms with E-state index < -0.39 is 34.7 Å². The van der Waals surface area contributed by atoms with Crippen molar-refractivity contribution in [3.05, 3.63) is 94.3 Å². The van der Waals surface area contributed by atoms with Crippen LogP contribution in [0.5, 0.6) is 0 Å². The summed E-state index contributed by atoms with van der Waals surface area (Å²) in [5, 5.41) is 8.96. The molecular weight excluding hydrogens is 460 g/mol. The van der Waals surface area contributed by atoms with Crippen LogP contribution in [0.4, 0.5) is 17.6 Å². The molecule has 2 aromatic carbocycles. The zero-order chi connectivity index (χ0) is 23.7. The standard InChI is InChI=1S/C22H16F4N4O2S/c1-30-22(11-3-2-4-13(23)5-11)33-18(29-30)10-28-21(32)17-6-12(9-27-17)20(31)19-15(25)7-14(24)8-16(19)26/h2-9,22,27H,10H2,1H3,(H,28,32). The Hall–Kier alpha value is -3.60. The van der Waals surface area contributed by atoms with Gasteiger partial charge in [0.1, 0.15) is 39.4 Å². The van der Waals surface area contributed by atoms with Crippen LogP contribution < -0.4 is 5.32 Å². The summed E-state index contributed by atoms with van der Waals surface area (Å²) in [4.78, 5) is 27.5. The number of amides is 1. The number of aromatic amines is 1. The summed E-state index contributed by atoms with van der Waals surface area (Å²) in [6, 6.07) is 8.10. The van der Waals surface area contributed by atoms with Gasteiger partial charge in [0.05, 0.1) is 12.1 Å². The predicted octanol–water partition coefficient (Wildman–Crippen LogP) is 4.22. The first-order valence-electron chi connectivity index (χ1n) is 9.61. The van der Waals surface area contributed by atoms with Crippen molar-refractivity contribution in [1.29, 1.82) is 0 Å². The number of nitrogens with zero attached hydrogens (tertiary/aromatic N) is 2. The smallest absolute Gasteiger partial charge is 0.268 e. The van der Waals surface area contributed by atoms with Gasteiger partial charge < -0.3 is 10.3 Å². The molecule has 6 nitrogen and oxygen atoms in total. The number of rotatable bonds is 6. The van der Waals surface area contributed by atoms with Gasteiger partial charge in [-0.1, -0.05) is 23.9 Å². The molecule has 0 saturated carbocycles. The molecule has 1 unspecified atom stereocenters. The minimum Gasteiger partial charge on any atom is -0.356 e. The molecule has 1 amide bonds. The molecule has 0 saturated heterocycles. The minimum atomic E-state index is -1.34. The summed E-state index contributed by atoms with van der Waals surface area (Å²) in [6.45, 7) is 0.0726. The number of benzene rings is 2. The van der Waals surface area contributed by atoms with Crippen molar-refractivity contribution in [2.45, 2.75) is 5.37 Å². The van der Waals surface area contributed by atoms with E-state index in [2.05, 4.69) is 15.4 Å². The number of ketones is 1. The summed E-state index contributed by atoms with van der Waals surface area (Å²) >= 11 is 1.35. The van der Waals surface area contributed by atoms with Crippen LogP contribution in [-0.4, -0.2) is 40.3 Å². The molecular formula is C22H16F4N4O2S. The Morgan fingerprint density at radius 2 is 1.82 bits per heavy atom. The summed E-state index contributed by atoms with van der Waals surface area (Å²) in [7, 11) is 1.73. The number of hydrogen-bond donors (Lipinski definition) is 2. The Labute approximate surface area is 189 Å². The van der Waals surface area contributed by atoms with Gasteiger partial charge >= 0.3 is 0 Å². The fourth-order valence-corrected chi connectivity index (χ4v) is 4.36. The molecule has 0 aliphatic carbocycles. The van der Waals surface area contributed by atoms with Crippen LogP contribution in [0.25, 0.3) is 0 Å². The number of halogens is 4. The van der Waals surface area contributed by atoms with Gasteiger partial charge in [-0.05, 0) is 23.8 Å². The maximum absolute atomic E-state index is 13.9. The van der Waals surface area contributed by atoms with Crippen LogP contribution in [0.15, 0.2) is 53.8 Å². The van der Waals surface area contributed by atoms with Crippen LogP contribution >= 0.6 is 11.8 Å². The average Bonchev–Trinajstić information content (AvgIpc) is 3.38. The molecule has 2 N–H and O–H groups in total. The molecule has 2 heterocycles. The van der Waals surface area contributed by atoms with Gasteiger partial charge in [-0.25, -0.2) is 17.6 Å². The number of hydrazone groups is 1. The van der Waals surface area contributed by atoms with E-state index in [0.717, 1.165) is 17.8 Å². The highest BCUT2D eigenvalue weighted by Gasteiger charge is 2.27. The number of thioether (sulfide) groups is 1. The van der Waals surface area contributed by atoms with E-state index in [9.17, 15) is 27.2 Å². The fourth-order valence-electron chi connectivity index (χ4n) is 3.29. The Bertz CT molecular complexity index is 1250. The molecule has 11 heteroatoms. The lowest BCUT2D eigenvalue weighted by Gasteiger charge is -2.17. The van der Waals surface area contributed by atoms with E-state index in [0.29, 0.717) is 17.2 Å². The van der Waals surface area contributed by atoms with Gasteiger partial charge in [0.25, 0.3) is 5.91 Å². The molecule has 4 rings (SSSR count). The van der Waals surface area contributed by atoms with Crippen molar-refractivity contribution < 1.29 is 27.2 Å². The molecule has 0 radical (unpaired) electrons. The molecule has 0 bridgehead atoms. The van der Waals surface area contributed by atoms with Crippen LogP contribution in [0, 0.1) is 23.3 Å². The Balaban J connectivity index is 1.40. The normalized spacial score (nSPS) is 15.5. The van der Waals surface area contributed by atoms with E-state index in [4.69, 9.17) is 0 Å². The largest absolute Gasteiger partial charge is 0.356 e. The third-order valence-corrected chi connectivity index (χ3v) is 6.11. The molecule has 1 aromatic heterocycles. The zero-order valence-electron chi connectivity index (χ0n) is 17.0. The Morgan fingerprint density at radius 3 is 2.52 bits per heavy atom. The maximum Gasteiger partial charge on any atom is 0.268 e. The number of H-pyrrole nitrogens is 1. The van der Waals surface area contributed by atoms with Crippen LogP contribution in [-0.2, 0) is 0 Å². The fraction of sp³-hybridized carbons (Fsp3) is 0.136. The molecule has 3 aromatic rings. The van der Waals surface area contributed by atoms with Crippen molar-refractivity contribution in [1.82, 2.24) is 15.3 Å². The number of aromatic nitrogens is 1. The van der Waals surface area contributed by atoms with Crippen molar-refractivity contribution in [2.24, 2.45) is 5.10 Å². The summed E-state index contributed by atoms with van der Waals surface area (Å²) in [5.41, 5.74) is -0.367. The molecule has 1 aliphatic rings. The molecule has 1 atom stereocenters. The maximum atomic E-state index is 13.9. The average molecular weight is 476 g/mol. The van der Waals surface area contributed by atoms with Crippen LogP contribution in [0.3, 0.4) is 0 Å². The first-order chi connectivity index (χ1) is 15.7. The number of carbonyl (C=O) groups excluding carboxylic acids is 2. The third-order valence-electron chi connectivity index (χ3n) is 4.81. The van der Waals surface area contributed by atoms with E-state index in [1.807, 2.05) is 0 Å². The zero-order valence-corrected chi connectivity index (χ0v) is 17.9. The van der Waals surface area contributed by atoms with Gasteiger partial charge in [0.2, 0.25) is 0 Å². The quantitative estimate of drug-likeness (QED) is 0.413. The van der Waals surface area contributed by atoms with Crippen LogP contribution in [0.1, 0.15) is 37.3 Å². The van der Waals surface area contributed by atoms with E-state index in [1.165, 1.54) is 23.9 Å². The minimum absolute atomic E-state index is 0.0140. The lowest BCUT2D eigenvalue weighted by atomic mass is 10.0. The predicted molar refractivity (Wildman–Crippen MR) is 115 cm³/mol. The van der Waals surface area contributed by atoms with Gasteiger partial charge in [-0.3, -0.25) is 14.6 Å². The summed E-state index contributed by atoms with van der Waals surface area (Å²) < 4.78 is 54.4. The molecule has 33 heavy (non-hydrogen) atoms. The second-order valence-electron chi connectivity index (χ2n) is 7.15. The second kappa shape index (κ2) is 9.10. The van der Waals surface area contributed by atoms with Crippen molar-refractivity contribution >= 4 is 28.5 Å². The highest BCUT2D eigenvalue weighted by molar-refractivity contribution is 8.14. The van der Waals surface area contributed by atoms with Gasteiger partial charge in [-0.15, -0.1) is 0 Å². The van der Waals surface area contributed by atoms with Gasteiger partial charge in [0.15, 0.2) is 5.78 Å². The Morgan fingerprint density at radius 1 is 1.09 bits per heavy atom. The molecule has 170 valence electrons.